The van der Waals surface area contributed by atoms with Gasteiger partial charge in [0.05, 0.1) is 20.4 Å². The highest BCUT2D eigenvalue weighted by Gasteiger charge is 2.11. The molecule has 0 unspecified atom stereocenters. The molecule has 116 valence electrons. The molecular weight excluding hydrogens is 288 g/mol. The van der Waals surface area contributed by atoms with Crippen molar-refractivity contribution in [2.45, 2.75) is 6.92 Å². The quantitative estimate of drug-likeness (QED) is 0.651. The Hall–Kier alpha value is -2.96. The number of aromatic hydroxyl groups is 1. The summed E-state index contributed by atoms with van der Waals surface area (Å²) >= 11 is 0. The van der Waals surface area contributed by atoms with Crippen LogP contribution in [0.3, 0.4) is 0 Å². The van der Waals surface area contributed by atoms with E-state index in [1.54, 1.807) is 31.2 Å². The van der Waals surface area contributed by atoms with Crippen LogP contribution in [0.2, 0.25) is 0 Å². The monoisotopic (exact) mass is 304 g/mol. The van der Waals surface area contributed by atoms with Crippen molar-refractivity contribution in [2.24, 2.45) is 5.10 Å². The molecule has 22 heavy (non-hydrogen) atoms. The summed E-state index contributed by atoms with van der Waals surface area (Å²) in [5, 5.41) is 13.6. The molecule has 2 N–H and O–H groups in total. The van der Waals surface area contributed by atoms with Crippen molar-refractivity contribution in [3.05, 3.63) is 41.3 Å². The zero-order chi connectivity index (χ0) is 16.1. The Kier molecular flexibility index (Phi) is 4.67. The number of phenols is 1. The Labute approximate surface area is 127 Å². The van der Waals surface area contributed by atoms with E-state index in [1.165, 1.54) is 20.4 Å². The van der Waals surface area contributed by atoms with Gasteiger partial charge in [-0.3, -0.25) is 4.79 Å². The first kappa shape index (κ1) is 15.4. The molecule has 0 radical (unpaired) electrons. The van der Waals surface area contributed by atoms with Crippen LogP contribution in [0.25, 0.3) is 0 Å². The molecule has 0 atom stereocenters. The summed E-state index contributed by atoms with van der Waals surface area (Å²) in [5.74, 6) is 0.750. The van der Waals surface area contributed by atoms with Crippen molar-refractivity contribution in [3.63, 3.8) is 0 Å². The number of benzene rings is 1. The fourth-order valence-electron chi connectivity index (χ4n) is 1.77. The predicted octanol–water partition coefficient (Wildman–Crippen LogP) is 2.07. The second-order valence-corrected chi connectivity index (χ2v) is 4.38. The van der Waals surface area contributed by atoms with Gasteiger partial charge in [0.2, 0.25) is 5.75 Å². The van der Waals surface area contributed by atoms with Crippen molar-refractivity contribution in [1.82, 2.24) is 5.43 Å². The van der Waals surface area contributed by atoms with Crippen molar-refractivity contribution < 1.29 is 23.8 Å². The predicted molar refractivity (Wildman–Crippen MR) is 79.7 cm³/mol. The summed E-state index contributed by atoms with van der Waals surface area (Å²) in [7, 11) is 2.85. The molecule has 0 aliphatic heterocycles. The SMILES string of the molecule is COc1cc(/C=N/NC(=O)c2ccc(C)o2)cc(OC)c1O. The lowest BCUT2D eigenvalue weighted by Crippen LogP contribution is -2.16. The van der Waals surface area contributed by atoms with Gasteiger partial charge < -0.3 is 19.0 Å². The number of hydrazone groups is 1. The number of hydrogen-bond donors (Lipinski definition) is 2. The molecule has 2 rings (SSSR count). The number of nitrogens with one attached hydrogen (secondary N) is 1. The van der Waals surface area contributed by atoms with Crippen LogP contribution in [0.5, 0.6) is 17.2 Å². The minimum absolute atomic E-state index is 0.0998. The van der Waals surface area contributed by atoms with Crippen molar-refractivity contribution in [2.75, 3.05) is 14.2 Å². The van der Waals surface area contributed by atoms with Crippen LogP contribution in [0, 0.1) is 6.92 Å². The number of nitrogens with zero attached hydrogens (tertiary/aromatic N) is 1. The van der Waals surface area contributed by atoms with Gasteiger partial charge in [-0.05, 0) is 31.2 Å². The third kappa shape index (κ3) is 3.38. The number of rotatable bonds is 5. The van der Waals surface area contributed by atoms with Crippen LogP contribution >= 0.6 is 0 Å². The van der Waals surface area contributed by atoms with Crippen LogP contribution in [0.4, 0.5) is 0 Å². The van der Waals surface area contributed by atoms with Crippen LogP contribution < -0.4 is 14.9 Å². The average Bonchev–Trinajstić information content (AvgIpc) is 2.95. The first-order valence-electron chi connectivity index (χ1n) is 6.40. The highest BCUT2D eigenvalue weighted by molar-refractivity contribution is 5.92. The van der Waals surface area contributed by atoms with Gasteiger partial charge >= 0.3 is 5.91 Å². The largest absolute Gasteiger partial charge is 0.502 e. The van der Waals surface area contributed by atoms with E-state index >= 15 is 0 Å². The van der Waals surface area contributed by atoms with Crippen LogP contribution in [-0.2, 0) is 0 Å². The number of methoxy groups -OCH3 is 2. The standard InChI is InChI=1S/C15H16N2O5/c1-9-4-5-11(22-9)15(19)17-16-8-10-6-12(20-2)14(18)13(7-10)21-3/h4-8,18H,1-3H3,(H,17,19)/b16-8+. The number of furan rings is 1. The number of phenolic OH excluding ortho intramolecular Hbond substituents is 1. The fourth-order valence-corrected chi connectivity index (χ4v) is 1.77. The highest BCUT2D eigenvalue weighted by Crippen LogP contribution is 2.36. The maximum Gasteiger partial charge on any atom is 0.307 e. The van der Waals surface area contributed by atoms with E-state index in [9.17, 15) is 9.90 Å². The number of aryl methyl sites for hydroxylation is 1. The fraction of sp³-hybridized carbons (Fsp3) is 0.200. The van der Waals surface area contributed by atoms with Crippen LogP contribution in [0.15, 0.2) is 33.8 Å². The van der Waals surface area contributed by atoms with Gasteiger partial charge in [-0.1, -0.05) is 0 Å². The molecule has 7 heteroatoms. The molecule has 0 spiro atoms. The van der Waals surface area contributed by atoms with E-state index in [0.717, 1.165) is 0 Å². The molecule has 1 aromatic heterocycles. The molecule has 0 bridgehead atoms. The minimum Gasteiger partial charge on any atom is -0.502 e. The smallest absolute Gasteiger partial charge is 0.307 e. The van der Waals surface area contributed by atoms with E-state index in [0.29, 0.717) is 11.3 Å². The molecular formula is C15H16N2O5. The Morgan fingerprint density at radius 1 is 1.27 bits per heavy atom. The summed E-state index contributed by atoms with van der Waals surface area (Å²) in [6, 6.07) is 6.37. The highest BCUT2D eigenvalue weighted by atomic mass is 16.5. The normalized spacial score (nSPS) is 10.7. The lowest BCUT2D eigenvalue weighted by Gasteiger charge is -2.09. The Bertz CT molecular complexity index is 681. The molecule has 7 nitrogen and oxygen atoms in total. The molecule has 2 aromatic rings. The van der Waals surface area contributed by atoms with E-state index in [1.807, 2.05) is 0 Å². The van der Waals surface area contributed by atoms with Gasteiger partial charge in [0, 0.05) is 5.56 Å². The Morgan fingerprint density at radius 3 is 2.41 bits per heavy atom. The number of carbonyl (C=O) groups is 1. The first-order valence-corrected chi connectivity index (χ1v) is 6.40. The van der Waals surface area contributed by atoms with Gasteiger partial charge in [0.25, 0.3) is 0 Å². The van der Waals surface area contributed by atoms with Gasteiger partial charge in [-0.2, -0.15) is 5.10 Å². The molecule has 0 aliphatic carbocycles. The third-order valence-corrected chi connectivity index (χ3v) is 2.85. The number of ether oxygens (including phenoxy) is 2. The summed E-state index contributed by atoms with van der Waals surface area (Å²) in [6.45, 7) is 1.75. The van der Waals surface area contributed by atoms with Crippen LogP contribution in [-0.4, -0.2) is 31.4 Å². The maximum absolute atomic E-state index is 11.7. The van der Waals surface area contributed by atoms with E-state index in [-0.39, 0.29) is 23.0 Å². The second kappa shape index (κ2) is 6.66. The summed E-state index contributed by atoms with van der Waals surface area (Å²) in [4.78, 5) is 11.7. The molecule has 1 heterocycles. The first-order chi connectivity index (χ1) is 10.5. The van der Waals surface area contributed by atoms with Gasteiger partial charge in [0.15, 0.2) is 17.3 Å². The van der Waals surface area contributed by atoms with Gasteiger partial charge in [-0.15, -0.1) is 0 Å². The van der Waals surface area contributed by atoms with Crippen LogP contribution in [0.1, 0.15) is 21.9 Å². The lowest BCUT2D eigenvalue weighted by molar-refractivity contribution is 0.0926. The van der Waals surface area contributed by atoms with Gasteiger partial charge in [0.1, 0.15) is 5.76 Å². The zero-order valence-corrected chi connectivity index (χ0v) is 12.4. The molecule has 1 aromatic carbocycles. The minimum atomic E-state index is -0.456. The lowest BCUT2D eigenvalue weighted by atomic mass is 10.2. The summed E-state index contributed by atoms with van der Waals surface area (Å²) < 4.78 is 15.2. The number of amides is 1. The molecule has 0 fully saturated rings. The number of hydrogen-bond acceptors (Lipinski definition) is 6. The third-order valence-electron chi connectivity index (χ3n) is 2.85. The summed E-state index contributed by atoms with van der Waals surface area (Å²) in [6.07, 6.45) is 1.40. The zero-order valence-electron chi connectivity index (χ0n) is 12.4. The number of carbonyl (C=O) groups excluding carboxylic acids is 1. The molecule has 0 aliphatic rings. The van der Waals surface area contributed by atoms with Crippen molar-refractivity contribution in [3.8, 4) is 17.2 Å². The van der Waals surface area contributed by atoms with E-state index < -0.39 is 5.91 Å². The maximum atomic E-state index is 11.7. The van der Waals surface area contributed by atoms with Gasteiger partial charge in [-0.25, -0.2) is 5.43 Å². The second-order valence-electron chi connectivity index (χ2n) is 4.38. The topological polar surface area (TPSA) is 93.3 Å². The average molecular weight is 304 g/mol. The molecule has 0 saturated heterocycles. The van der Waals surface area contributed by atoms with E-state index in [4.69, 9.17) is 13.9 Å². The Morgan fingerprint density at radius 2 is 1.91 bits per heavy atom. The molecule has 1 amide bonds. The van der Waals surface area contributed by atoms with E-state index in [2.05, 4.69) is 10.5 Å². The van der Waals surface area contributed by atoms with Crippen molar-refractivity contribution in [1.29, 1.82) is 0 Å². The van der Waals surface area contributed by atoms with Crippen molar-refractivity contribution >= 4 is 12.1 Å². The summed E-state index contributed by atoms with van der Waals surface area (Å²) in [5.41, 5.74) is 2.93. The Balaban J connectivity index is 2.11. The molecule has 0 saturated carbocycles.